The number of carbonyl (C=O) groups is 1. The molecular weight excluding hydrogens is 262 g/mol. The second kappa shape index (κ2) is 5.54. The lowest BCUT2D eigenvalue weighted by Gasteiger charge is -2.06. The fraction of sp³-hybridized carbons (Fsp3) is 0.154. The third-order valence-corrected chi connectivity index (χ3v) is 2.76. The average molecular weight is 275 g/mol. The van der Waals surface area contributed by atoms with Crippen molar-refractivity contribution < 1.29 is 14.1 Å². The number of non-ortho nitro benzene ring substituents is 1. The first-order valence-corrected chi connectivity index (χ1v) is 5.86. The van der Waals surface area contributed by atoms with Crippen LogP contribution in [0.1, 0.15) is 21.9 Å². The molecule has 1 heterocycles. The highest BCUT2D eigenvalue weighted by molar-refractivity contribution is 6.02. The van der Waals surface area contributed by atoms with Crippen molar-refractivity contribution >= 4 is 17.3 Å². The van der Waals surface area contributed by atoms with Crippen molar-refractivity contribution in [3.63, 3.8) is 0 Å². The van der Waals surface area contributed by atoms with Gasteiger partial charge in [0.1, 0.15) is 5.76 Å². The predicted molar refractivity (Wildman–Crippen MR) is 72.4 cm³/mol. The summed E-state index contributed by atoms with van der Waals surface area (Å²) in [7, 11) is 0. The molecule has 0 bridgehead atoms. The van der Waals surface area contributed by atoms with E-state index < -0.39 is 10.8 Å². The zero-order chi connectivity index (χ0) is 14.7. The normalized spacial score (nSPS) is 10.3. The average Bonchev–Trinajstić information content (AvgIpc) is 2.89. The van der Waals surface area contributed by atoms with E-state index in [1.807, 2.05) is 0 Å². The van der Waals surface area contributed by atoms with Crippen molar-refractivity contribution in [2.45, 2.75) is 13.5 Å². The summed E-state index contributed by atoms with van der Waals surface area (Å²) in [6, 6.07) is 7.35. The molecule has 0 aliphatic rings. The molecular formula is C13H13N3O4. The molecule has 20 heavy (non-hydrogen) atoms. The van der Waals surface area contributed by atoms with E-state index in [-0.39, 0.29) is 18.0 Å². The SMILES string of the molecule is Cc1cc([N+](=O)[O-])ccc1NC(=O)c1ccc(CN)o1. The van der Waals surface area contributed by atoms with Gasteiger partial charge in [-0.1, -0.05) is 0 Å². The molecule has 3 N–H and O–H groups in total. The van der Waals surface area contributed by atoms with Gasteiger partial charge in [0.05, 0.1) is 11.5 Å². The van der Waals surface area contributed by atoms with Crippen LogP contribution in [0.2, 0.25) is 0 Å². The van der Waals surface area contributed by atoms with Gasteiger partial charge < -0.3 is 15.5 Å². The minimum absolute atomic E-state index is 0.0242. The number of furan rings is 1. The minimum Gasteiger partial charge on any atom is -0.455 e. The number of nitrogens with two attached hydrogens (primary N) is 1. The van der Waals surface area contributed by atoms with E-state index in [0.29, 0.717) is 17.0 Å². The van der Waals surface area contributed by atoms with Gasteiger partial charge in [0, 0.05) is 17.8 Å². The topological polar surface area (TPSA) is 111 Å². The highest BCUT2D eigenvalue weighted by Crippen LogP contribution is 2.22. The molecule has 0 spiro atoms. The summed E-state index contributed by atoms with van der Waals surface area (Å²) >= 11 is 0. The molecule has 2 rings (SSSR count). The Labute approximate surface area is 114 Å². The van der Waals surface area contributed by atoms with Crippen LogP contribution in [0, 0.1) is 17.0 Å². The van der Waals surface area contributed by atoms with Crippen molar-refractivity contribution in [2.75, 3.05) is 5.32 Å². The number of hydrogen-bond donors (Lipinski definition) is 2. The predicted octanol–water partition coefficient (Wildman–Crippen LogP) is 2.21. The summed E-state index contributed by atoms with van der Waals surface area (Å²) in [4.78, 5) is 22.1. The second-order valence-electron chi connectivity index (χ2n) is 4.18. The van der Waals surface area contributed by atoms with Crippen LogP contribution in [-0.2, 0) is 6.54 Å². The van der Waals surface area contributed by atoms with E-state index in [4.69, 9.17) is 10.2 Å². The summed E-state index contributed by atoms with van der Waals surface area (Å²) in [6.07, 6.45) is 0. The Morgan fingerprint density at radius 3 is 2.70 bits per heavy atom. The first-order chi connectivity index (χ1) is 9.51. The number of nitro benzene ring substituents is 1. The van der Waals surface area contributed by atoms with Crippen molar-refractivity contribution in [1.29, 1.82) is 0 Å². The number of rotatable bonds is 4. The van der Waals surface area contributed by atoms with Gasteiger partial charge in [-0.15, -0.1) is 0 Å². The summed E-state index contributed by atoms with van der Waals surface area (Å²) in [5, 5.41) is 13.3. The molecule has 0 saturated heterocycles. The Balaban J connectivity index is 2.17. The number of nitrogens with zero attached hydrogens (tertiary/aromatic N) is 1. The second-order valence-corrected chi connectivity index (χ2v) is 4.18. The standard InChI is InChI=1S/C13H13N3O4/c1-8-6-9(16(18)19)2-4-11(8)15-13(17)12-5-3-10(7-14)20-12/h2-6H,7,14H2,1H3,(H,15,17). The Morgan fingerprint density at radius 2 is 2.15 bits per heavy atom. The van der Waals surface area contributed by atoms with Gasteiger partial charge in [-0.05, 0) is 30.7 Å². The Bertz CT molecular complexity index is 663. The third kappa shape index (κ3) is 2.83. The van der Waals surface area contributed by atoms with E-state index in [2.05, 4.69) is 5.32 Å². The minimum atomic E-state index is -0.487. The lowest BCUT2D eigenvalue weighted by molar-refractivity contribution is -0.384. The quantitative estimate of drug-likeness (QED) is 0.656. The number of amides is 1. The van der Waals surface area contributed by atoms with Gasteiger partial charge in [-0.25, -0.2) is 0 Å². The number of carbonyl (C=O) groups excluding carboxylic acids is 1. The summed E-state index contributed by atoms with van der Waals surface area (Å²) in [5.74, 6) is 0.223. The van der Waals surface area contributed by atoms with Crippen molar-refractivity contribution in [3.05, 3.63) is 57.5 Å². The van der Waals surface area contributed by atoms with Gasteiger partial charge in [0.25, 0.3) is 11.6 Å². The molecule has 104 valence electrons. The van der Waals surface area contributed by atoms with E-state index in [1.165, 1.54) is 24.3 Å². The number of benzene rings is 1. The number of anilines is 1. The fourth-order valence-electron chi connectivity index (χ4n) is 1.70. The van der Waals surface area contributed by atoms with Gasteiger partial charge in [-0.3, -0.25) is 14.9 Å². The molecule has 0 fully saturated rings. The Hall–Kier alpha value is -2.67. The Kier molecular flexibility index (Phi) is 3.81. The number of nitro groups is 1. The zero-order valence-corrected chi connectivity index (χ0v) is 10.8. The van der Waals surface area contributed by atoms with Crippen molar-refractivity contribution in [3.8, 4) is 0 Å². The first kappa shape index (κ1) is 13.8. The summed E-state index contributed by atoms with van der Waals surface area (Å²) in [6.45, 7) is 1.89. The first-order valence-electron chi connectivity index (χ1n) is 5.86. The lowest BCUT2D eigenvalue weighted by Crippen LogP contribution is -2.12. The van der Waals surface area contributed by atoms with Gasteiger partial charge in [0.2, 0.25) is 0 Å². The van der Waals surface area contributed by atoms with Crippen LogP contribution in [-0.4, -0.2) is 10.8 Å². The van der Waals surface area contributed by atoms with E-state index in [9.17, 15) is 14.9 Å². The molecule has 0 radical (unpaired) electrons. The maximum Gasteiger partial charge on any atom is 0.291 e. The highest BCUT2D eigenvalue weighted by Gasteiger charge is 2.14. The van der Waals surface area contributed by atoms with Gasteiger partial charge in [-0.2, -0.15) is 0 Å². The molecule has 1 aromatic carbocycles. The van der Waals surface area contributed by atoms with Crippen molar-refractivity contribution in [1.82, 2.24) is 0 Å². The molecule has 7 nitrogen and oxygen atoms in total. The van der Waals surface area contributed by atoms with Crippen LogP contribution in [0.4, 0.5) is 11.4 Å². The van der Waals surface area contributed by atoms with E-state index in [1.54, 1.807) is 13.0 Å². The number of hydrogen-bond acceptors (Lipinski definition) is 5. The molecule has 1 amide bonds. The van der Waals surface area contributed by atoms with Crippen LogP contribution < -0.4 is 11.1 Å². The molecule has 0 atom stereocenters. The van der Waals surface area contributed by atoms with E-state index >= 15 is 0 Å². The largest absolute Gasteiger partial charge is 0.455 e. The third-order valence-electron chi connectivity index (χ3n) is 2.76. The van der Waals surface area contributed by atoms with Crippen LogP contribution in [0.3, 0.4) is 0 Å². The van der Waals surface area contributed by atoms with Gasteiger partial charge >= 0.3 is 0 Å². The fourth-order valence-corrected chi connectivity index (χ4v) is 1.70. The van der Waals surface area contributed by atoms with Crippen LogP contribution in [0.25, 0.3) is 0 Å². The van der Waals surface area contributed by atoms with E-state index in [0.717, 1.165) is 0 Å². The molecule has 7 heteroatoms. The number of nitrogens with one attached hydrogen (secondary N) is 1. The van der Waals surface area contributed by atoms with Gasteiger partial charge in [0.15, 0.2) is 5.76 Å². The van der Waals surface area contributed by atoms with Crippen LogP contribution in [0.5, 0.6) is 0 Å². The monoisotopic (exact) mass is 275 g/mol. The molecule has 0 aliphatic carbocycles. The summed E-state index contributed by atoms with van der Waals surface area (Å²) < 4.78 is 5.22. The zero-order valence-electron chi connectivity index (χ0n) is 10.8. The highest BCUT2D eigenvalue weighted by atomic mass is 16.6. The Morgan fingerprint density at radius 1 is 1.40 bits per heavy atom. The summed E-state index contributed by atoms with van der Waals surface area (Å²) in [5.41, 5.74) is 6.46. The van der Waals surface area contributed by atoms with Crippen molar-refractivity contribution in [2.24, 2.45) is 5.73 Å². The molecule has 2 aromatic rings. The number of aryl methyl sites for hydroxylation is 1. The molecule has 0 saturated carbocycles. The molecule has 0 aliphatic heterocycles. The maximum atomic E-state index is 11.9. The molecule has 0 unspecified atom stereocenters. The smallest absolute Gasteiger partial charge is 0.291 e. The maximum absolute atomic E-state index is 11.9. The molecule has 1 aromatic heterocycles. The lowest BCUT2D eigenvalue weighted by atomic mass is 10.2. The van der Waals surface area contributed by atoms with Crippen LogP contribution >= 0.6 is 0 Å². The van der Waals surface area contributed by atoms with Crippen LogP contribution in [0.15, 0.2) is 34.7 Å².